The zero-order valence-corrected chi connectivity index (χ0v) is 26.7. The lowest BCUT2D eigenvalue weighted by atomic mass is 10.0. The minimum Gasteiger partial charge on any atom is -0.463 e. The Labute approximate surface area is 267 Å². The summed E-state index contributed by atoms with van der Waals surface area (Å²) >= 11 is 15.8. The van der Waals surface area contributed by atoms with Crippen LogP contribution < -0.4 is 14.9 Å². The van der Waals surface area contributed by atoms with Crippen LogP contribution in [0.2, 0.25) is 10.0 Å². The lowest BCUT2D eigenvalue weighted by Gasteiger charge is -2.22. The number of rotatable bonds is 6. The molecule has 1 aliphatic heterocycles. The van der Waals surface area contributed by atoms with Crippen molar-refractivity contribution in [3.8, 4) is 22.6 Å². The molecule has 0 saturated heterocycles. The molecule has 0 aliphatic carbocycles. The fraction of sp³-hybridized carbons (Fsp3) is 0.129. The number of fused-ring (bicyclic) bond motifs is 1. The van der Waals surface area contributed by atoms with Crippen molar-refractivity contribution in [2.75, 3.05) is 6.61 Å². The molecule has 6 rings (SSSR count). The number of ether oxygens (including phenoxy) is 1. The number of allylic oxidation sites excluding steroid dienone is 1. The third kappa shape index (κ3) is 5.42. The molecule has 3 aromatic heterocycles. The summed E-state index contributed by atoms with van der Waals surface area (Å²) in [4.78, 5) is 32.1. The number of nitrogens with zero attached hydrogens (tertiary/aromatic N) is 2. The molecule has 0 N–H and O–H groups in total. The van der Waals surface area contributed by atoms with Crippen molar-refractivity contribution in [2.24, 2.45) is 4.99 Å². The first-order valence-corrected chi connectivity index (χ1v) is 15.5. The van der Waals surface area contributed by atoms with E-state index >= 15 is 0 Å². The number of aromatic nitrogens is 1. The molecule has 0 saturated carbocycles. The van der Waals surface area contributed by atoms with E-state index in [1.54, 1.807) is 50.3 Å². The van der Waals surface area contributed by atoms with E-state index in [0.717, 1.165) is 9.13 Å². The fourth-order valence-corrected chi connectivity index (χ4v) is 6.38. The second-order valence-corrected chi connectivity index (χ2v) is 12.4. The minimum atomic E-state index is -0.891. The highest BCUT2D eigenvalue weighted by atomic mass is 127. The summed E-state index contributed by atoms with van der Waals surface area (Å²) in [5.41, 5.74) is 1.96. The van der Waals surface area contributed by atoms with Crippen LogP contribution in [0, 0.1) is 3.57 Å². The van der Waals surface area contributed by atoms with Gasteiger partial charge in [-0.3, -0.25) is 9.36 Å². The van der Waals surface area contributed by atoms with Gasteiger partial charge in [-0.2, -0.15) is 0 Å². The number of thiazole rings is 1. The highest BCUT2D eigenvalue weighted by Crippen LogP contribution is 2.35. The highest BCUT2D eigenvalue weighted by molar-refractivity contribution is 14.1. The van der Waals surface area contributed by atoms with Crippen molar-refractivity contribution in [3.05, 3.63) is 123 Å². The molecule has 2 aromatic carbocycles. The van der Waals surface area contributed by atoms with E-state index < -0.39 is 12.0 Å². The molecule has 1 atom stereocenters. The predicted molar refractivity (Wildman–Crippen MR) is 171 cm³/mol. The summed E-state index contributed by atoms with van der Waals surface area (Å²) in [6, 6.07) is 19.4. The van der Waals surface area contributed by atoms with E-state index in [9.17, 15) is 9.59 Å². The topological polar surface area (TPSA) is 86.9 Å². The van der Waals surface area contributed by atoms with Gasteiger partial charge in [0.1, 0.15) is 29.1 Å². The molecule has 42 heavy (non-hydrogen) atoms. The van der Waals surface area contributed by atoms with Gasteiger partial charge in [-0.05, 0) is 91.0 Å². The van der Waals surface area contributed by atoms with Gasteiger partial charge in [0.2, 0.25) is 0 Å². The molecule has 11 heteroatoms. The van der Waals surface area contributed by atoms with Gasteiger partial charge in [-0.25, -0.2) is 9.79 Å². The van der Waals surface area contributed by atoms with E-state index in [2.05, 4.69) is 27.6 Å². The molecular weight excluding hydrogens is 710 g/mol. The minimum absolute atomic E-state index is 0.167. The van der Waals surface area contributed by atoms with Gasteiger partial charge in [0.25, 0.3) is 5.56 Å². The maximum atomic E-state index is 13.9. The number of carbonyl (C=O) groups excluding carboxylic acids is 1. The summed E-state index contributed by atoms with van der Waals surface area (Å²) in [5, 5.41) is 0.802. The lowest BCUT2D eigenvalue weighted by Crippen LogP contribution is -2.39. The summed E-state index contributed by atoms with van der Waals surface area (Å²) < 4.78 is 20.6. The van der Waals surface area contributed by atoms with Crippen LogP contribution in [0.1, 0.15) is 31.4 Å². The molecule has 0 radical (unpaired) electrons. The van der Waals surface area contributed by atoms with Crippen molar-refractivity contribution < 1.29 is 18.4 Å². The van der Waals surface area contributed by atoms with Gasteiger partial charge in [0.05, 0.1) is 32.5 Å². The molecule has 0 unspecified atom stereocenters. The summed E-state index contributed by atoms with van der Waals surface area (Å²) in [6.07, 6.45) is 1.68. The summed E-state index contributed by atoms with van der Waals surface area (Å²) in [7, 11) is 0. The van der Waals surface area contributed by atoms with E-state index in [-0.39, 0.29) is 17.7 Å². The largest absolute Gasteiger partial charge is 0.463 e. The number of furan rings is 2. The molecule has 212 valence electrons. The second kappa shape index (κ2) is 11.7. The highest BCUT2D eigenvalue weighted by Gasteiger charge is 2.35. The van der Waals surface area contributed by atoms with Crippen LogP contribution in [-0.2, 0) is 9.53 Å². The van der Waals surface area contributed by atoms with Crippen LogP contribution in [-0.4, -0.2) is 17.1 Å². The summed E-state index contributed by atoms with van der Waals surface area (Å²) in [5.74, 6) is 1.52. The fourth-order valence-electron chi connectivity index (χ4n) is 4.69. The zero-order valence-electron chi connectivity index (χ0n) is 22.2. The number of carbonyl (C=O) groups is 1. The van der Waals surface area contributed by atoms with Gasteiger partial charge in [-0.1, -0.05) is 46.7 Å². The average Bonchev–Trinajstić information content (AvgIpc) is 3.70. The molecular formula is C31H21Cl2IN2O5S. The smallest absolute Gasteiger partial charge is 0.338 e. The van der Waals surface area contributed by atoms with Gasteiger partial charge in [0.15, 0.2) is 4.80 Å². The zero-order chi connectivity index (χ0) is 29.5. The normalized spacial score (nSPS) is 15.1. The Kier molecular flexibility index (Phi) is 8.01. The van der Waals surface area contributed by atoms with Gasteiger partial charge < -0.3 is 13.6 Å². The van der Waals surface area contributed by atoms with Crippen LogP contribution in [0.3, 0.4) is 0 Å². The van der Waals surface area contributed by atoms with Gasteiger partial charge >= 0.3 is 5.97 Å². The Morgan fingerprint density at radius 1 is 1.02 bits per heavy atom. The standard InChI is InChI=1S/C31H21Cl2IN2O5S/c1-3-39-30(38)27-16(2)35-31-36(28(27)25-13-12-24(41-25)18-6-10-21(32)22(33)14-18)29(37)26(42-31)15-20-9-11-23(40-20)17-4-7-19(34)8-5-17/h4-15,28H,3H2,1-2H3/b26-15-/t28-/m1/s1. The Balaban J connectivity index is 1.46. The first-order chi connectivity index (χ1) is 20.2. The van der Waals surface area contributed by atoms with Crippen LogP contribution in [0.4, 0.5) is 0 Å². The second-order valence-electron chi connectivity index (χ2n) is 9.34. The van der Waals surface area contributed by atoms with Crippen LogP contribution >= 0.6 is 57.1 Å². The molecule has 4 heterocycles. The number of benzene rings is 2. The first-order valence-electron chi connectivity index (χ1n) is 12.8. The number of esters is 1. The van der Waals surface area contributed by atoms with Crippen LogP contribution in [0.25, 0.3) is 28.7 Å². The SMILES string of the molecule is CCOC(=O)C1=C(C)N=c2s/c(=C\c3ccc(-c4ccc(I)cc4)o3)c(=O)n2[C@@H]1c1ccc(-c2ccc(Cl)c(Cl)c2)o1. The van der Waals surface area contributed by atoms with Crippen molar-refractivity contribution in [3.63, 3.8) is 0 Å². The predicted octanol–water partition coefficient (Wildman–Crippen LogP) is 7.23. The molecule has 0 amide bonds. The van der Waals surface area contributed by atoms with Crippen LogP contribution in [0.5, 0.6) is 0 Å². The average molecular weight is 731 g/mol. The molecule has 0 fully saturated rings. The Hall–Kier alpha value is -3.38. The van der Waals surface area contributed by atoms with E-state index in [1.165, 1.54) is 15.9 Å². The van der Waals surface area contributed by atoms with E-state index in [1.807, 2.05) is 36.4 Å². The quantitative estimate of drug-likeness (QED) is 0.136. The molecule has 5 aromatic rings. The maximum absolute atomic E-state index is 13.9. The monoisotopic (exact) mass is 730 g/mol. The molecule has 0 spiro atoms. The third-order valence-electron chi connectivity index (χ3n) is 6.65. The third-order valence-corrected chi connectivity index (χ3v) is 9.09. The lowest BCUT2D eigenvalue weighted by molar-refractivity contribution is -0.139. The Bertz CT molecular complexity index is 2050. The molecule has 1 aliphatic rings. The summed E-state index contributed by atoms with van der Waals surface area (Å²) in [6.45, 7) is 3.61. The van der Waals surface area contributed by atoms with Crippen molar-refractivity contribution in [1.29, 1.82) is 0 Å². The first kappa shape index (κ1) is 28.7. The number of halogens is 3. The van der Waals surface area contributed by atoms with Gasteiger partial charge in [0, 0.05) is 20.8 Å². The molecule has 0 bridgehead atoms. The van der Waals surface area contributed by atoms with E-state index in [0.29, 0.717) is 53.7 Å². The van der Waals surface area contributed by atoms with E-state index in [4.69, 9.17) is 36.8 Å². The Morgan fingerprint density at radius 3 is 2.48 bits per heavy atom. The number of hydrogen-bond donors (Lipinski definition) is 0. The van der Waals surface area contributed by atoms with Crippen molar-refractivity contribution in [2.45, 2.75) is 19.9 Å². The Morgan fingerprint density at radius 2 is 1.74 bits per heavy atom. The van der Waals surface area contributed by atoms with Gasteiger partial charge in [-0.15, -0.1) is 0 Å². The maximum Gasteiger partial charge on any atom is 0.338 e. The van der Waals surface area contributed by atoms with Crippen molar-refractivity contribution >= 4 is 69.2 Å². The number of hydrogen-bond acceptors (Lipinski definition) is 7. The molecule has 7 nitrogen and oxygen atoms in total. The van der Waals surface area contributed by atoms with Crippen LogP contribution in [0.15, 0.2) is 96.6 Å². The van der Waals surface area contributed by atoms with Crippen molar-refractivity contribution in [1.82, 2.24) is 4.57 Å².